The largest absolute Gasteiger partial charge is 0.381 e. The van der Waals surface area contributed by atoms with Crippen molar-refractivity contribution in [1.82, 2.24) is 5.32 Å². The van der Waals surface area contributed by atoms with Gasteiger partial charge >= 0.3 is 0 Å². The number of carbonyl (C=O) groups is 1. The predicted octanol–water partition coefficient (Wildman–Crippen LogP) is 2.03. The van der Waals surface area contributed by atoms with Gasteiger partial charge in [0.15, 0.2) is 0 Å². The Bertz CT molecular complexity index is 514. The van der Waals surface area contributed by atoms with Gasteiger partial charge in [-0.05, 0) is 30.5 Å². The van der Waals surface area contributed by atoms with E-state index < -0.39 is 0 Å². The quantitative estimate of drug-likeness (QED) is 0.861. The second-order valence-electron chi connectivity index (χ2n) is 5.89. The number of anilines is 1. The molecule has 6 heteroatoms. The molecule has 0 aliphatic carbocycles. The van der Waals surface area contributed by atoms with Crippen LogP contribution in [0, 0.1) is 0 Å². The molecule has 5 nitrogen and oxygen atoms in total. The van der Waals surface area contributed by atoms with Gasteiger partial charge in [-0.15, -0.1) is 0 Å². The fourth-order valence-corrected chi connectivity index (χ4v) is 3.89. The molecule has 1 aromatic rings. The molecule has 1 atom stereocenters. The normalized spacial score (nSPS) is 22.7. The monoisotopic (exact) mass is 336 g/mol. The first-order valence-corrected chi connectivity index (χ1v) is 9.26. The highest BCUT2D eigenvalue weighted by Gasteiger charge is 2.21. The molecule has 23 heavy (non-hydrogen) atoms. The fourth-order valence-electron chi connectivity index (χ4n) is 2.76. The number of thioether (sulfide) groups is 1. The van der Waals surface area contributed by atoms with E-state index in [0.29, 0.717) is 18.5 Å². The maximum atomic E-state index is 12.2. The number of benzene rings is 1. The van der Waals surface area contributed by atoms with Gasteiger partial charge in [-0.1, -0.05) is 12.1 Å². The Morgan fingerprint density at radius 2 is 2.13 bits per heavy atom. The van der Waals surface area contributed by atoms with Crippen LogP contribution in [-0.4, -0.2) is 50.2 Å². The molecule has 1 amide bonds. The van der Waals surface area contributed by atoms with Gasteiger partial charge in [0.25, 0.3) is 0 Å². The van der Waals surface area contributed by atoms with Gasteiger partial charge in [0, 0.05) is 36.4 Å². The average molecular weight is 336 g/mol. The zero-order valence-corrected chi connectivity index (χ0v) is 14.1. The Balaban J connectivity index is 1.51. The molecule has 3 rings (SSSR count). The molecule has 2 fully saturated rings. The Morgan fingerprint density at radius 3 is 2.91 bits per heavy atom. The summed E-state index contributed by atoms with van der Waals surface area (Å²) in [6, 6.07) is 7.85. The SMILES string of the molecule is O=C(Nc1cccc(CSC2CCOCC2)c1)C1COCCN1. The Labute approximate surface area is 141 Å². The van der Waals surface area contributed by atoms with E-state index in [1.165, 1.54) is 5.56 Å². The third-order valence-electron chi connectivity index (χ3n) is 4.09. The lowest BCUT2D eigenvalue weighted by Crippen LogP contribution is -2.48. The summed E-state index contributed by atoms with van der Waals surface area (Å²) in [7, 11) is 0. The number of amides is 1. The number of hydrogen-bond donors (Lipinski definition) is 2. The Hall–Kier alpha value is -1.08. The molecule has 0 aromatic heterocycles. The van der Waals surface area contributed by atoms with Gasteiger partial charge in [-0.25, -0.2) is 0 Å². The fraction of sp³-hybridized carbons (Fsp3) is 0.588. The molecule has 2 aliphatic rings. The van der Waals surface area contributed by atoms with Crippen LogP contribution in [0.15, 0.2) is 24.3 Å². The zero-order valence-electron chi connectivity index (χ0n) is 13.3. The number of morpholine rings is 1. The van der Waals surface area contributed by atoms with E-state index in [0.717, 1.165) is 44.0 Å². The minimum atomic E-state index is -0.260. The minimum absolute atomic E-state index is 0.0288. The van der Waals surface area contributed by atoms with E-state index in [9.17, 15) is 4.79 Å². The molecule has 1 aromatic carbocycles. The van der Waals surface area contributed by atoms with Crippen LogP contribution >= 0.6 is 11.8 Å². The van der Waals surface area contributed by atoms with Crippen molar-refractivity contribution in [2.45, 2.75) is 29.9 Å². The minimum Gasteiger partial charge on any atom is -0.381 e. The van der Waals surface area contributed by atoms with Crippen LogP contribution < -0.4 is 10.6 Å². The topological polar surface area (TPSA) is 59.6 Å². The third-order valence-corrected chi connectivity index (χ3v) is 5.53. The summed E-state index contributed by atoms with van der Waals surface area (Å²) in [5.74, 6) is 0.943. The molecule has 2 heterocycles. The lowest BCUT2D eigenvalue weighted by Gasteiger charge is -2.23. The van der Waals surface area contributed by atoms with Gasteiger partial charge in [0.1, 0.15) is 6.04 Å². The van der Waals surface area contributed by atoms with Gasteiger partial charge in [0.05, 0.1) is 13.2 Å². The molecule has 2 aliphatic heterocycles. The molecule has 0 bridgehead atoms. The first-order chi connectivity index (χ1) is 11.3. The van der Waals surface area contributed by atoms with Crippen molar-refractivity contribution < 1.29 is 14.3 Å². The summed E-state index contributed by atoms with van der Waals surface area (Å²) < 4.78 is 10.7. The van der Waals surface area contributed by atoms with E-state index >= 15 is 0 Å². The summed E-state index contributed by atoms with van der Waals surface area (Å²) in [5.41, 5.74) is 2.10. The van der Waals surface area contributed by atoms with Crippen LogP contribution in [-0.2, 0) is 20.0 Å². The molecule has 126 valence electrons. The molecular formula is C17H24N2O3S. The van der Waals surface area contributed by atoms with Crippen molar-refractivity contribution in [2.75, 3.05) is 38.3 Å². The summed E-state index contributed by atoms with van der Waals surface area (Å²) in [6.07, 6.45) is 2.27. The van der Waals surface area contributed by atoms with Crippen LogP contribution in [0.3, 0.4) is 0 Å². The highest BCUT2D eigenvalue weighted by atomic mass is 32.2. The smallest absolute Gasteiger partial charge is 0.243 e. The molecule has 1 unspecified atom stereocenters. The average Bonchev–Trinajstić information content (AvgIpc) is 2.62. The molecule has 0 saturated carbocycles. The zero-order chi connectivity index (χ0) is 15.9. The standard InChI is InChI=1S/C17H24N2O3S/c20-17(16-11-22-9-6-18-16)19-14-3-1-2-13(10-14)12-23-15-4-7-21-8-5-15/h1-3,10,15-16,18H,4-9,11-12H2,(H,19,20). The molecule has 0 spiro atoms. The van der Waals surface area contributed by atoms with E-state index in [-0.39, 0.29) is 11.9 Å². The first-order valence-electron chi connectivity index (χ1n) is 8.21. The first kappa shape index (κ1) is 16.8. The van der Waals surface area contributed by atoms with Crippen LogP contribution in [0.25, 0.3) is 0 Å². The van der Waals surface area contributed by atoms with Crippen LogP contribution in [0.5, 0.6) is 0 Å². The van der Waals surface area contributed by atoms with Gasteiger partial charge in [0.2, 0.25) is 5.91 Å². The summed E-state index contributed by atoms with van der Waals surface area (Å²) in [4.78, 5) is 12.2. The van der Waals surface area contributed by atoms with Crippen LogP contribution in [0.2, 0.25) is 0 Å². The van der Waals surface area contributed by atoms with E-state index in [1.54, 1.807) is 0 Å². The second-order valence-corrected chi connectivity index (χ2v) is 7.18. The molecule has 2 N–H and O–H groups in total. The van der Waals surface area contributed by atoms with Gasteiger partial charge in [-0.3, -0.25) is 4.79 Å². The summed E-state index contributed by atoms with van der Waals surface area (Å²) in [6.45, 7) is 3.59. The number of ether oxygens (including phenoxy) is 2. The van der Waals surface area contributed by atoms with Crippen LogP contribution in [0.1, 0.15) is 18.4 Å². The highest BCUT2D eigenvalue weighted by molar-refractivity contribution is 7.99. The maximum Gasteiger partial charge on any atom is 0.243 e. The van der Waals surface area contributed by atoms with Gasteiger partial charge in [-0.2, -0.15) is 11.8 Å². The number of carbonyl (C=O) groups excluding carboxylic acids is 1. The number of nitrogens with one attached hydrogen (secondary N) is 2. The lowest BCUT2D eigenvalue weighted by molar-refractivity contribution is -0.120. The number of rotatable bonds is 5. The van der Waals surface area contributed by atoms with Crippen molar-refractivity contribution in [3.8, 4) is 0 Å². The van der Waals surface area contributed by atoms with E-state index in [1.807, 2.05) is 23.9 Å². The van der Waals surface area contributed by atoms with Crippen molar-refractivity contribution in [1.29, 1.82) is 0 Å². The van der Waals surface area contributed by atoms with Gasteiger partial charge < -0.3 is 20.1 Å². The lowest BCUT2D eigenvalue weighted by atomic mass is 10.2. The molecule has 2 saturated heterocycles. The van der Waals surface area contributed by atoms with Crippen molar-refractivity contribution in [3.63, 3.8) is 0 Å². The molecule has 0 radical (unpaired) electrons. The highest BCUT2D eigenvalue weighted by Crippen LogP contribution is 2.26. The van der Waals surface area contributed by atoms with E-state index in [2.05, 4.69) is 22.8 Å². The van der Waals surface area contributed by atoms with E-state index in [4.69, 9.17) is 9.47 Å². The summed E-state index contributed by atoms with van der Waals surface area (Å²) >= 11 is 1.98. The predicted molar refractivity (Wildman–Crippen MR) is 92.8 cm³/mol. The van der Waals surface area contributed by atoms with Crippen LogP contribution in [0.4, 0.5) is 5.69 Å². The Kier molecular flexibility index (Phi) is 6.33. The third kappa shape index (κ3) is 5.21. The van der Waals surface area contributed by atoms with Crippen molar-refractivity contribution >= 4 is 23.4 Å². The van der Waals surface area contributed by atoms with Crippen molar-refractivity contribution in [3.05, 3.63) is 29.8 Å². The molecular weight excluding hydrogens is 312 g/mol. The Morgan fingerprint density at radius 1 is 1.26 bits per heavy atom. The summed E-state index contributed by atoms with van der Waals surface area (Å²) in [5, 5.41) is 6.83. The number of hydrogen-bond acceptors (Lipinski definition) is 5. The second kappa shape index (κ2) is 8.68. The van der Waals surface area contributed by atoms with Crippen molar-refractivity contribution in [2.24, 2.45) is 0 Å². The maximum absolute atomic E-state index is 12.2.